The van der Waals surface area contributed by atoms with Gasteiger partial charge in [0.1, 0.15) is 17.8 Å². The van der Waals surface area contributed by atoms with Crippen LogP contribution in [-0.2, 0) is 0 Å². The first-order valence-corrected chi connectivity index (χ1v) is 7.69. The monoisotopic (exact) mass is 318 g/mol. The zero-order valence-corrected chi connectivity index (χ0v) is 13.2. The molecule has 1 aromatic carbocycles. The molecule has 5 nitrogen and oxygen atoms in total. The van der Waals surface area contributed by atoms with Crippen LogP contribution in [-0.4, -0.2) is 22.4 Å². The van der Waals surface area contributed by atoms with Crippen LogP contribution in [0.15, 0.2) is 36.7 Å². The maximum atomic E-state index is 12.0. The number of carbonyl (C=O) groups is 1. The van der Waals surface area contributed by atoms with Crippen molar-refractivity contribution < 1.29 is 4.79 Å². The fourth-order valence-corrected chi connectivity index (χ4v) is 2.02. The number of hydrogen-bond donors (Lipinski definition) is 2. The van der Waals surface area contributed by atoms with Gasteiger partial charge in [0, 0.05) is 23.3 Å². The first kappa shape index (κ1) is 16.2. The van der Waals surface area contributed by atoms with Gasteiger partial charge in [0.15, 0.2) is 0 Å². The Labute approximate surface area is 135 Å². The highest BCUT2D eigenvalue weighted by atomic mass is 35.5. The van der Waals surface area contributed by atoms with Crippen molar-refractivity contribution in [1.29, 1.82) is 0 Å². The second-order valence-corrected chi connectivity index (χ2v) is 5.32. The zero-order valence-electron chi connectivity index (χ0n) is 12.5. The van der Waals surface area contributed by atoms with E-state index in [1.165, 1.54) is 6.33 Å². The van der Waals surface area contributed by atoms with Crippen LogP contribution in [0.25, 0.3) is 0 Å². The molecule has 0 bridgehead atoms. The topological polar surface area (TPSA) is 66.9 Å². The average Bonchev–Trinajstić information content (AvgIpc) is 2.54. The Balaban J connectivity index is 1.97. The van der Waals surface area contributed by atoms with Gasteiger partial charge in [0.05, 0.1) is 0 Å². The van der Waals surface area contributed by atoms with Crippen molar-refractivity contribution in [2.75, 3.05) is 11.9 Å². The Morgan fingerprint density at radius 3 is 2.68 bits per heavy atom. The van der Waals surface area contributed by atoms with E-state index in [-0.39, 0.29) is 5.91 Å². The average molecular weight is 319 g/mol. The number of aromatic nitrogens is 2. The highest BCUT2D eigenvalue weighted by molar-refractivity contribution is 6.30. The molecule has 0 saturated carbocycles. The van der Waals surface area contributed by atoms with Gasteiger partial charge in [0.2, 0.25) is 0 Å². The van der Waals surface area contributed by atoms with E-state index in [1.54, 1.807) is 18.2 Å². The smallest absolute Gasteiger partial charge is 0.270 e. The van der Waals surface area contributed by atoms with Crippen LogP contribution in [0.1, 0.15) is 36.7 Å². The van der Waals surface area contributed by atoms with Crippen LogP contribution >= 0.6 is 11.6 Å². The van der Waals surface area contributed by atoms with E-state index in [9.17, 15) is 4.79 Å². The molecule has 6 heteroatoms. The Bertz CT molecular complexity index is 616. The number of amides is 1. The number of carbonyl (C=O) groups excluding carboxylic acids is 1. The Kier molecular flexibility index (Phi) is 6.15. The standard InChI is InChI=1S/C16H19ClN4O/c1-2-3-4-9-18-16(22)14-10-15(20-11-19-14)21-13-7-5-12(17)6-8-13/h5-8,10-11H,2-4,9H2,1H3,(H,18,22)(H,19,20,21). The van der Waals surface area contributed by atoms with Crippen LogP contribution in [0.5, 0.6) is 0 Å². The largest absolute Gasteiger partial charge is 0.351 e. The Morgan fingerprint density at radius 2 is 1.95 bits per heavy atom. The number of unbranched alkanes of at least 4 members (excludes halogenated alkanes) is 2. The minimum atomic E-state index is -0.183. The second kappa shape index (κ2) is 8.34. The number of anilines is 2. The molecule has 0 aliphatic rings. The highest BCUT2D eigenvalue weighted by Crippen LogP contribution is 2.17. The summed E-state index contributed by atoms with van der Waals surface area (Å²) in [6.07, 6.45) is 4.58. The molecule has 1 aromatic heterocycles. The van der Waals surface area contributed by atoms with Gasteiger partial charge in [-0.3, -0.25) is 4.79 Å². The van der Waals surface area contributed by atoms with Crippen LogP contribution in [0.3, 0.4) is 0 Å². The first-order valence-electron chi connectivity index (χ1n) is 7.32. The molecule has 116 valence electrons. The van der Waals surface area contributed by atoms with Crippen molar-refractivity contribution >= 4 is 29.0 Å². The molecular weight excluding hydrogens is 300 g/mol. The molecule has 2 N–H and O–H groups in total. The molecule has 0 saturated heterocycles. The van der Waals surface area contributed by atoms with Crippen LogP contribution < -0.4 is 10.6 Å². The summed E-state index contributed by atoms with van der Waals surface area (Å²) in [6, 6.07) is 8.88. The summed E-state index contributed by atoms with van der Waals surface area (Å²) in [5.41, 5.74) is 1.19. The van der Waals surface area contributed by atoms with Crippen molar-refractivity contribution in [2.45, 2.75) is 26.2 Å². The maximum absolute atomic E-state index is 12.0. The highest BCUT2D eigenvalue weighted by Gasteiger charge is 2.08. The van der Waals surface area contributed by atoms with Gasteiger partial charge in [-0.15, -0.1) is 0 Å². The normalized spacial score (nSPS) is 10.3. The summed E-state index contributed by atoms with van der Waals surface area (Å²) in [5.74, 6) is 0.383. The predicted octanol–water partition coefficient (Wildman–Crippen LogP) is 3.79. The number of nitrogens with zero attached hydrogens (tertiary/aromatic N) is 2. The molecule has 2 aromatic rings. The molecule has 1 heterocycles. The van der Waals surface area contributed by atoms with E-state index < -0.39 is 0 Å². The van der Waals surface area contributed by atoms with Crippen molar-refractivity contribution in [2.24, 2.45) is 0 Å². The molecule has 0 unspecified atom stereocenters. The van der Waals surface area contributed by atoms with Gasteiger partial charge in [0.25, 0.3) is 5.91 Å². The summed E-state index contributed by atoms with van der Waals surface area (Å²) < 4.78 is 0. The number of hydrogen-bond acceptors (Lipinski definition) is 4. The van der Waals surface area contributed by atoms with Crippen molar-refractivity contribution in [3.8, 4) is 0 Å². The third-order valence-electron chi connectivity index (χ3n) is 3.08. The van der Waals surface area contributed by atoms with Crippen molar-refractivity contribution in [3.63, 3.8) is 0 Å². The van der Waals surface area contributed by atoms with E-state index in [0.29, 0.717) is 23.1 Å². The number of nitrogens with one attached hydrogen (secondary N) is 2. The summed E-state index contributed by atoms with van der Waals surface area (Å²) in [5, 5.41) is 6.64. The molecule has 0 fully saturated rings. The lowest BCUT2D eigenvalue weighted by Crippen LogP contribution is -2.25. The molecule has 22 heavy (non-hydrogen) atoms. The quantitative estimate of drug-likeness (QED) is 0.762. The molecule has 0 spiro atoms. The lowest BCUT2D eigenvalue weighted by Gasteiger charge is -2.07. The molecule has 0 radical (unpaired) electrons. The number of rotatable bonds is 7. The van der Waals surface area contributed by atoms with Gasteiger partial charge >= 0.3 is 0 Å². The van der Waals surface area contributed by atoms with Gasteiger partial charge in [-0.25, -0.2) is 9.97 Å². The molecule has 2 rings (SSSR count). The number of benzene rings is 1. The second-order valence-electron chi connectivity index (χ2n) is 4.88. The molecule has 1 amide bonds. The number of halogens is 1. The third kappa shape index (κ3) is 5.00. The minimum absolute atomic E-state index is 0.183. The Morgan fingerprint density at radius 1 is 1.18 bits per heavy atom. The minimum Gasteiger partial charge on any atom is -0.351 e. The fourth-order valence-electron chi connectivity index (χ4n) is 1.90. The predicted molar refractivity (Wildman–Crippen MR) is 88.6 cm³/mol. The molecular formula is C16H19ClN4O. The molecule has 0 aliphatic carbocycles. The van der Waals surface area contributed by atoms with E-state index in [4.69, 9.17) is 11.6 Å². The van der Waals surface area contributed by atoms with Gasteiger partial charge < -0.3 is 10.6 Å². The Hall–Kier alpha value is -2.14. The maximum Gasteiger partial charge on any atom is 0.270 e. The summed E-state index contributed by atoms with van der Waals surface area (Å²) in [7, 11) is 0. The lowest BCUT2D eigenvalue weighted by molar-refractivity contribution is 0.0948. The van der Waals surface area contributed by atoms with Gasteiger partial charge in [-0.2, -0.15) is 0 Å². The summed E-state index contributed by atoms with van der Waals surface area (Å²) in [4.78, 5) is 20.1. The van der Waals surface area contributed by atoms with Crippen LogP contribution in [0, 0.1) is 0 Å². The van der Waals surface area contributed by atoms with E-state index in [0.717, 1.165) is 24.9 Å². The van der Waals surface area contributed by atoms with Gasteiger partial charge in [-0.1, -0.05) is 31.4 Å². The third-order valence-corrected chi connectivity index (χ3v) is 3.33. The van der Waals surface area contributed by atoms with Crippen molar-refractivity contribution in [3.05, 3.63) is 47.4 Å². The van der Waals surface area contributed by atoms with Crippen molar-refractivity contribution in [1.82, 2.24) is 15.3 Å². The summed E-state index contributed by atoms with van der Waals surface area (Å²) >= 11 is 5.85. The van der Waals surface area contributed by atoms with Crippen LogP contribution in [0.2, 0.25) is 5.02 Å². The van der Waals surface area contributed by atoms with Gasteiger partial charge in [-0.05, 0) is 30.7 Å². The molecule has 0 aliphatic heterocycles. The summed E-state index contributed by atoms with van der Waals surface area (Å²) in [6.45, 7) is 2.79. The zero-order chi connectivity index (χ0) is 15.8. The molecule has 0 atom stereocenters. The fraction of sp³-hybridized carbons (Fsp3) is 0.312. The van der Waals surface area contributed by atoms with E-state index in [1.807, 2.05) is 12.1 Å². The SMILES string of the molecule is CCCCCNC(=O)c1cc(Nc2ccc(Cl)cc2)ncn1. The van der Waals surface area contributed by atoms with E-state index in [2.05, 4.69) is 27.5 Å². The van der Waals surface area contributed by atoms with E-state index >= 15 is 0 Å². The lowest BCUT2D eigenvalue weighted by atomic mass is 10.2. The first-order chi connectivity index (χ1) is 10.7. The van der Waals surface area contributed by atoms with Crippen LogP contribution in [0.4, 0.5) is 11.5 Å².